The average Bonchev–Trinajstić information content (AvgIpc) is 2.77. The average molecular weight is 519 g/mol. The largest absolute Gasteiger partial charge is 0.490 e. The van der Waals surface area contributed by atoms with Crippen LogP contribution in [-0.2, 0) is 15.1 Å². The van der Waals surface area contributed by atoms with Crippen molar-refractivity contribution in [3.8, 4) is 11.1 Å². The summed E-state index contributed by atoms with van der Waals surface area (Å²) in [5.74, 6) is -2.76. The molecule has 1 fully saturated rings. The standard InChI is InChI=1S/C19H17F6NO2.C2HF3O2/c20-18(21,22)17(27,19(23,24)25)15-5-1-13(2-6-15)14-3-7-16(8-4-14)26-9-11-28-12-10-26;3-2(4,5)1(6)7/h1-8,27H,9-12H2;(H,6,7). The summed E-state index contributed by atoms with van der Waals surface area (Å²) < 4.78 is 115. The first-order valence-corrected chi connectivity index (χ1v) is 9.68. The van der Waals surface area contributed by atoms with Gasteiger partial charge in [0.05, 0.1) is 13.2 Å². The molecule has 0 aromatic heterocycles. The number of halogens is 9. The van der Waals surface area contributed by atoms with E-state index in [1.807, 2.05) is 12.1 Å². The molecule has 2 aromatic rings. The molecule has 3 rings (SSSR count). The Hall–Kier alpha value is -3.00. The first kappa shape index (κ1) is 28.2. The number of rotatable bonds is 3. The molecule has 0 unspecified atom stereocenters. The Balaban J connectivity index is 0.000000540. The molecule has 0 bridgehead atoms. The van der Waals surface area contributed by atoms with Gasteiger partial charge in [0.15, 0.2) is 0 Å². The number of carboxylic acid groups (broad SMARTS) is 1. The van der Waals surface area contributed by atoms with Crippen molar-refractivity contribution in [2.24, 2.45) is 0 Å². The number of carbonyl (C=O) groups is 1. The number of ether oxygens (including phenoxy) is 1. The van der Waals surface area contributed by atoms with E-state index in [4.69, 9.17) is 14.6 Å². The fourth-order valence-electron chi connectivity index (χ4n) is 3.08. The second kappa shape index (κ2) is 10.3. The fourth-order valence-corrected chi connectivity index (χ4v) is 3.08. The molecule has 0 radical (unpaired) electrons. The molecule has 0 saturated carbocycles. The van der Waals surface area contributed by atoms with Gasteiger partial charge in [0.2, 0.25) is 0 Å². The number of hydrogen-bond acceptors (Lipinski definition) is 4. The van der Waals surface area contributed by atoms with Gasteiger partial charge in [0, 0.05) is 24.3 Å². The van der Waals surface area contributed by atoms with Crippen LogP contribution in [0.15, 0.2) is 48.5 Å². The lowest BCUT2D eigenvalue weighted by atomic mass is 9.90. The zero-order chi connectivity index (χ0) is 26.7. The molecule has 0 amide bonds. The Morgan fingerprint density at radius 3 is 1.46 bits per heavy atom. The number of nitrogens with zero attached hydrogens (tertiary/aromatic N) is 1. The molecule has 0 aliphatic carbocycles. The lowest BCUT2D eigenvalue weighted by Crippen LogP contribution is -2.53. The molecule has 194 valence electrons. The summed E-state index contributed by atoms with van der Waals surface area (Å²) in [6, 6.07) is 10.7. The molecule has 14 heteroatoms. The van der Waals surface area contributed by atoms with E-state index in [0.717, 1.165) is 30.9 Å². The van der Waals surface area contributed by atoms with Crippen molar-refractivity contribution < 1.29 is 59.3 Å². The van der Waals surface area contributed by atoms with Gasteiger partial charge in [0.25, 0.3) is 5.60 Å². The lowest BCUT2D eigenvalue weighted by molar-refractivity contribution is -0.376. The molecule has 35 heavy (non-hydrogen) atoms. The Morgan fingerprint density at radius 1 is 0.743 bits per heavy atom. The number of alkyl halides is 9. The third kappa shape index (κ3) is 6.57. The summed E-state index contributed by atoms with van der Waals surface area (Å²) in [4.78, 5) is 11.0. The SMILES string of the molecule is O=C(O)C(F)(F)F.OC(c1ccc(-c2ccc(N3CCOCC3)cc2)cc1)(C(F)(F)F)C(F)(F)F. The van der Waals surface area contributed by atoms with Gasteiger partial charge < -0.3 is 19.8 Å². The van der Waals surface area contributed by atoms with Gasteiger partial charge >= 0.3 is 24.5 Å². The third-order valence-corrected chi connectivity index (χ3v) is 4.94. The third-order valence-electron chi connectivity index (χ3n) is 4.94. The first-order chi connectivity index (χ1) is 16.0. The topological polar surface area (TPSA) is 70.0 Å². The van der Waals surface area contributed by atoms with E-state index in [2.05, 4.69) is 4.90 Å². The highest BCUT2D eigenvalue weighted by atomic mass is 19.4. The number of carboxylic acids is 1. The minimum absolute atomic E-state index is 0.434. The summed E-state index contributed by atoms with van der Waals surface area (Å²) >= 11 is 0. The van der Waals surface area contributed by atoms with Gasteiger partial charge in [-0.05, 0) is 23.3 Å². The predicted molar refractivity (Wildman–Crippen MR) is 105 cm³/mol. The monoisotopic (exact) mass is 519 g/mol. The van der Waals surface area contributed by atoms with Crippen LogP contribution in [0.1, 0.15) is 5.56 Å². The normalized spacial score (nSPS) is 15.3. The minimum atomic E-state index is -5.90. The predicted octanol–water partition coefficient (Wildman–Crippen LogP) is 5.14. The van der Waals surface area contributed by atoms with E-state index in [0.29, 0.717) is 36.5 Å². The lowest BCUT2D eigenvalue weighted by Gasteiger charge is -2.32. The number of aliphatic carboxylic acids is 1. The molecule has 2 aromatic carbocycles. The smallest absolute Gasteiger partial charge is 0.475 e. The molecule has 5 nitrogen and oxygen atoms in total. The Morgan fingerprint density at radius 2 is 1.11 bits per heavy atom. The summed E-state index contributed by atoms with van der Waals surface area (Å²) in [7, 11) is 0. The van der Waals surface area contributed by atoms with Gasteiger partial charge in [-0.25, -0.2) is 4.79 Å². The quantitative estimate of drug-likeness (QED) is 0.550. The number of benzene rings is 2. The molecular formula is C21H18F9NO4. The van der Waals surface area contributed by atoms with E-state index in [-0.39, 0.29) is 0 Å². The second-order valence-electron chi connectivity index (χ2n) is 7.23. The van der Waals surface area contributed by atoms with Crippen molar-refractivity contribution in [3.05, 3.63) is 54.1 Å². The van der Waals surface area contributed by atoms with E-state index in [1.165, 1.54) is 0 Å². The Kier molecular flexibility index (Phi) is 8.32. The van der Waals surface area contributed by atoms with E-state index in [1.54, 1.807) is 12.1 Å². The van der Waals surface area contributed by atoms with Crippen molar-refractivity contribution in [3.63, 3.8) is 0 Å². The highest BCUT2D eigenvalue weighted by molar-refractivity contribution is 5.73. The molecule has 0 atom stereocenters. The van der Waals surface area contributed by atoms with Gasteiger partial charge in [-0.1, -0.05) is 36.4 Å². The van der Waals surface area contributed by atoms with E-state index < -0.39 is 35.7 Å². The van der Waals surface area contributed by atoms with Crippen LogP contribution in [0.3, 0.4) is 0 Å². The van der Waals surface area contributed by atoms with Gasteiger partial charge in [0.1, 0.15) is 0 Å². The number of morpholine rings is 1. The molecular weight excluding hydrogens is 501 g/mol. The molecule has 2 N–H and O–H groups in total. The van der Waals surface area contributed by atoms with E-state index >= 15 is 0 Å². The number of aliphatic hydroxyl groups is 1. The van der Waals surface area contributed by atoms with Crippen LogP contribution in [0.4, 0.5) is 45.2 Å². The molecule has 1 aliphatic heterocycles. The van der Waals surface area contributed by atoms with Crippen LogP contribution in [0.5, 0.6) is 0 Å². The highest BCUT2D eigenvalue weighted by Crippen LogP contribution is 2.50. The van der Waals surface area contributed by atoms with Gasteiger partial charge in [-0.2, -0.15) is 39.5 Å². The van der Waals surface area contributed by atoms with Crippen LogP contribution in [-0.4, -0.2) is 61.0 Å². The van der Waals surface area contributed by atoms with Crippen molar-refractivity contribution in [1.29, 1.82) is 0 Å². The summed E-state index contributed by atoms with van der Waals surface area (Å²) in [5.41, 5.74) is -4.18. The number of hydrogen-bond donors (Lipinski definition) is 2. The zero-order valence-electron chi connectivity index (χ0n) is 17.5. The summed E-state index contributed by atoms with van der Waals surface area (Å²) in [6.45, 7) is 2.71. The zero-order valence-corrected chi connectivity index (χ0v) is 17.5. The van der Waals surface area contributed by atoms with Gasteiger partial charge in [-0.3, -0.25) is 0 Å². The van der Waals surface area contributed by atoms with Crippen LogP contribution in [0.2, 0.25) is 0 Å². The first-order valence-electron chi connectivity index (χ1n) is 9.68. The fraction of sp³-hybridized carbons (Fsp3) is 0.381. The van der Waals surface area contributed by atoms with Gasteiger partial charge in [-0.15, -0.1) is 0 Å². The highest BCUT2D eigenvalue weighted by Gasteiger charge is 2.71. The molecule has 1 heterocycles. The molecule has 1 aliphatic rings. The summed E-state index contributed by atoms with van der Waals surface area (Å²) in [5, 5.41) is 16.6. The maximum absolute atomic E-state index is 12.9. The second-order valence-corrected chi connectivity index (χ2v) is 7.23. The van der Waals surface area contributed by atoms with Crippen molar-refractivity contribution in [2.45, 2.75) is 24.1 Å². The summed E-state index contributed by atoms with van der Waals surface area (Å²) in [6.07, 6.45) is -16.9. The Labute approximate surface area is 192 Å². The van der Waals surface area contributed by atoms with Crippen LogP contribution in [0, 0.1) is 0 Å². The van der Waals surface area contributed by atoms with Crippen molar-refractivity contribution in [1.82, 2.24) is 0 Å². The molecule has 1 saturated heterocycles. The van der Waals surface area contributed by atoms with Crippen LogP contribution in [0.25, 0.3) is 11.1 Å². The Bertz CT molecular complexity index is 964. The van der Waals surface area contributed by atoms with Crippen molar-refractivity contribution in [2.75, 3.05) is 31.2 Å². The van der Waals surface area contributed by atoms with E-state index in [9.17, 15) is 44.6 Å². The van der Waals surface area contributed by atoms with Crippen molar-refractivity contribution >= 4 is 11.7 Å². The maximum atomic E-state index is 12.9. The maximum Gasteiger partial charge on any atom is 0.490 e. The minimum Gasteiger partial charge on any atom is -0.475 e. The molecule has 0 spiro atoms. The van der Waals surface area contributed by atoms with Crippen LogP contribution >= 0.6 is 0 Å². The number of anilines is 1. The van der Waals surface area contributed by atoms with Crippen LogP contribution < -0.4 is 4.90 Å².